The van der Waals surface area contributed by atoms with Crippen molar-refractivity contribution in [1.29, 1.82) is 0 Å². The van der Waals surface area contributed by atoms with E-state index in [1.807, 2.05) is 6.92 Å². The fraction of sp³-hybridized carbons (Fsp3) is 0.188. The maximum atomic E-state index is 12.3. The first-order valence-electron chi connectivity index (χ1n) is 6.79. The molecule has 1 saturated heterocycles. The lowest BCUT2D eigenvalue weighted by atomic mass is 10.1. The van der Waals surface area contributed by atoms with Crippen LogP contribution in [0.15, 0.2) is 42.5 Å². The zero-order valence-electron chi connectivity index (χ0n) is 12.2. The average Bonchev–Trinajstić information content (AvgIpc) is 2.50. The van der Waals surface area contributed by atoms with Gasteiger partial charge in [-0.15, -0.1) is 6.58 Å². The first-order valence-corrected chi connectivity index (χ1v) is 7.20. The lowest BCUT2D eigenvalue weighted by Crippen LogP contribution is -2.53. The molecule has 1 aliphatic rings. The molecule has 2 rings (SSSR count). The van der Waals surface area contributed by atoms with E-state index < -0.39 is 11.8 Å². The van der Waals surface area contributed by atoms with Gasteiger partial charge in [0.2, 0.25) is 0 Å². The summed E-state index contributed by atoms with van der Waals surface area (Å²) in [5.41, 5.74) is 0.771. The summed E-state index contributed by atoms with van der Waals surface area (Å²) < 4.78 is 5.35. The number of thiocarbonyl (C=S) groups is 1. The number of carbonyl (C=O) groups excluding carboxylic acids is 2. The fourth-order valence-corrected chi connectivity index (χ4v) is 2.23. The number of benzene rings is 1. The third-order valence-electron chi connectivity index (χ3n) is 3.00. The Balaban J connectivity index is 2.28. The van der Waals surface area contributed by atoms with Gasteiger partial charge in [-0.25, -0.2) is 0 Å². The smallest absolute Gasteiger partial charge is 0.265 e. The van der Waals surface area contributed by atoms with Crippen LogP contribution in [0.2, 0.25) is 0 Å². The lowest BCUT2D eigenvalue weighted by Gasteiger charge is -2.27. The number of ether oxygens (including phenoxy) is 1. The van der Waals surface area contributed by atoms with E-state index in [9.17, 15) is 9.59 Å². The van der Waals surface area contributed by atoms with E-state index in [0.29, 0.717) is 6.61 Å². The number of nitrogens with zero attached hydrogens (tertiary/aromatic N) is 1. The van der Waals surface area contributed by atoms with Crippen LogP contribution in [0.1, 0.15) is 12.5 Å². The summed E-state index contributed by atoms with van der Waals surface area (Å²) in [6, 6.07) is 7.13. The minimum absolute atomic E-state index is 0.0413. The minimum atomic E-state index is -0.496. The molecule has 2 amide bonds. The summed E-state index contributed by atoms with van der Waals surface area (Å²) >= 11 is 4.99. The van der Waals surface area contributed by atoms with Crippen molar-refractivity contribution >= 4 is 35.2 Å². The van der Waals surface area contributed by atoms with Gasteiger partial charge >= 0.3 is 0 Å². The van der Waals surface area contributed by atoms with Crippen LogP contribution in [0.3, 0.4) is 0 Å². The molecule has 1 heterocycles. The Morgan fingerprint density at radius 1 is 1.32 bits per heavy atom. The molecule has 0 bridgehead atoms. The highest BCUT2D eigenvalue weighted by Gasteiger charge is 2.32. The Kier molecular flexibility index (Phi) is 5.06. The van der Waals surface area contributed by atoms with Crippen LogP contribution in [-0.2, 0) is 9.59 Å². The van der Waals surface area contributed by atoms with Crippen LogP contribution >= 0.6 is 12.2 Å². The molecular weight excluding hydrogens is 300 g/mol. The highest BCUT2D eigenvalue weighted by atomic mass is 32.1. The number of rotatable bonds is 5. The Morgan fingerprint density at radius 2 is 2.00 bits per heavy atom. The van der Waals surface area contributed by atoms with Crippen LogP contribution in [0.5, 0.6) is 5.75 Å². The molecule has 0 radical (unpaired) electrons. The molecule has 6 heteroatoms. The van der Waals surface area contributed by atoms with Crippen molar-refractivity contribution in [3.63, 3.8) is 0 Å². The van der Waals surface area contributed by atoms with Gasteiger partial charge in [-0.05, 0) is 42.9 Å². The van der Waals surface area contributed by atoms with Crippen LogP contribution < -0.4 is 10.1 Å². The Hall–Kier alpha value is -2.47. The second-order valence-electron chi connectivity index (χ2n) is 4.52. The first kappa shape index (κ1) is 15.9. The Morgan fingerprint density at radius 3 is 2.59 bits per heavy atom. The summed E-state index contributed by atoms with van der Waals surface area (Å²) in [5, 5.41) is 2.60. The zero-order chi connectivity index (χ0) is 16.1. The van der Waals surface area contributed by atoms with Crippen molar-refractivity contribution in [3.05, 3.63) is 48.1 Å². The second-order valence-corrected chi connectivity index (χ2v) is 4.91. The molecule has 1 aromatic rings. The van der Waals surface area contributed by atoms with E-state index in [2.05, 4.69) is 11.9 Å². The molecule has 114 valence electrons. The summed E-state index contributed by atoms with van der Waals surface area (Å²) in [6.45, 7) is 6.31. The minimum Gasteiger partial charge on any atom is -0.494 e. The maximum absolute atomic E-state index is 12.3. The topological polar surface area (TPSA) is 58.6 Å². The van der Waals surface area contributed by atoms with E-state index in [4.69, 9.17) is 17.0 Å². The van der Waals surface area contributed by atoms with Crippen molar-refractivity contribution in [2.45, 2.75) is 6.92 Å². The molecular formula is C16H16N2O3S. The van der Waals surface area contributed by atoms with Gasteiger partial charge < -0.3 is 4.74 Å². The molecule has 0 saturated carbocycles. The monoisotopic (exact) mass is 316 g/mol. The molecule has 5 nitrogen and oxygen atoms in total. The third kappa shape index (κ3) is 3.40. The van der Waals surface area contributed by atoms with Crippen molar-refractivity contribution in [3.8, 4) is 5.75 Å². The van der Waals surface area contributed by atoms with Gasteiger partial charge in [-0.1, -0.05) is 18.2 Å². The molecule has 0 atom stereocenters. The van der Waals surface area contributed by atoms with Crippen molar-refractivity contribution < 1.29 is 14.3 Å². The van der Waals surface area contributed by atoms with E-state index >= 15 is 0 Å². The summed E-state index contributed by atoms with van der Waals surface area (Å²) in [7, 11) is 0. The second kappa shape index (κ2) is 7.00. The van der Waals surface area contributed by atoms with E-state index in [0.717, 1.165) is 11.3 Å². The van der Waals surface area contributed by atoms with Crippen molar-refractivity contribution in [1.82, 2.24) is 10.2 Å². The van der Waals surface area contributed by atoms with Crippen LogP contribution in [-0.4, -0.2) is 35.0 Å². The molecule has 22 heavy (non-hydrogen) atoms. The predicted molar refractivity (Wildman–Crippen MR) is 88.2 cm³/mol. The zero-order valence-corrected chi connectivity index (χ0v) is 13.0. The maximum Gasteiger partial charge on any atom is 0.265 e. The van der Waals surface area contributed by atoms with Gasteiger partial charge in [0.15, 0.2) is 5.11 Å². The van der Waals surface area contributed by atoms with Crippen LogP contribution in [0.4, 0.5) is 0 Å². The Labute approximate surface area is 134 Å². The highest BCUT2D eigenvalue weighted by Crippen LogP contribution is 2.17. The molecule has 0 aromatic heterocycles. The average molecular weight is 316 g/mol. The number of nitrogens with one attached hydrogen (secondary N) is 1. The van der Waals surface area contributed by atoms with Crippen molar-refractivity contribution in [2.75, 3.05) is 13.2 Å². The predicted octanol–water partition coefficient (Wildman–Crippen LogP) is 1.90. The van der Waals surface area contributed by atoms with Crippen LogP contribution in [0.25, 0.3) is 6.08 Å². The molecule has 0 spiro atoms. The highest BCUT2D eigenvalue weighted by molar-refractivity contribution is 7.80. The lowest BCUT2D eigenvalue weighted by molar-refractivity contribution is -0.128. The Bertz CT molecular complexity index is 650. The van der Waals surface area contributed by atoms with Gasteiger partial charge in [0.1, 0.15) is 11.3 Å². The van der Waals surface area contributed by atoms with Gasteiger partial charge in [0.25, 0.3) is 11.8 Å². The molecule has 0 unspecified atom stereocenters. The van der Waals surface area contributed by atoms with Crippen molar-refractivity contribution in [2.24, 2.45) is 0 Å². The number of hydrogen-bond acceptors (Lipinski definition) is 4. The van der Waals surface area contributed by atoms with Crippen LogP contribution in [0, 0.1) is 0 Å². The number of carbonyl (C=O) groups is 2. The number of hydrogen-bond donors (Lipinski definition) is 1. The summed E-state index contributed by atoms with van der Waals surface area (Å²) in [4.78, 5) is 25.6. The standard InChI is InChI=1S/C16H16N2O3S/c1-3-9-18-15(20)13(14(19)17-16(18)22)10-11-5-7-12(8-6-11)21-4-2/h3,5-8,10H,1,4,9H2,2H3,(H,17,19,22). The van der Waals surface area contributed by atoms with E-state index in [1.54, 1.807) is 30.3 Å². The molecule has 1 aromatic carbocycles. The largest absolute Gasteiger partial charge is 0.494 e. The first-order chi connectivity index (χ1) is 10.6. The van der Waals surface area contributed by atoms with Gasteiger partial charge in [0, 0.05) is 6.54 Å². The summed E-state index contributed by atoms with van der Waals surface area (Å²) in [6.07, 6.45) is 3.08. The van der Waals surface area contributed by atoms with Gasteiger partial charge in [-0.2, -0.15) is 0 Å². The fourth-order valence-electron chi connectivity index (χ4n) is 1.98. The number of amides is 2. The molecule has 1 fully saturated rings. The quantitative estimate of drug-likeness (QED) is 0.390. The normalized spacial score (nSPS) is 16.7. The molecule has 0 aliphatic carbocycles. The van der Waals surface area contributed by atoms with E-state index in [1.165, 1.54) is 11.0 Å². The summed E-state index contributed by atoms with van der Waals surface area (Å²) in [5.74, 6) is -0.190. The molecule has 1 N–H and O–H groups in total. The van der Waals surface area contributed by atoms with Gasteiger partial charge in [-0.3, -0.25) is 19.8 Å². The molecule has 1 aliphatic heterocycles. The SMILES string of the molecule is C=CCN1C(=O)C(=Cc2ccc(OCC)cc2)C(=O)NC1=S. The van der Waals surface area contributed by atoms with E-state index in [-0.39, 0.29) is 17.2 Å². The third-order valence-corrected chi connectivity index (χ3v) is 3.32. The van der Waals surface area contributed by atoms with Gasteiger partial charge in [0.05, 0.1) is 6.61 Å².